The molecule has 12 aromatic rings. The molecule has 0 bridgehead atoms. The average molecular weight is 763 g/mol. The third-order valence-corrected chi connectivity index (χ3v) is 12.8. The highest BCUT2D eigenvalue weighted by molar-refractivity contribution is 6.27. The van der Waals surface area contributed by atoms with Gasteiger partial charge in [0, 0.05) is 32.7 Å². The topological polar surface area (TPSA) is 25.8 Å². The van der Waals surface area contributed by atoms with Gasteiger partial charge < -0.3 is 0 Å². The molecule has 0 amide bonds. The van der Waals surface area contributed by atoms with Crippen LogP contribution in [0.1, 0.15) is 11.1 Å². The Kier molecular flexibility index (Phi) is 7.70. The summed E-state index contributed by atoms with van der Waals surface area (Å²) < 4.78 is 0. The maximum atomic E-state index is 5.67. The van der Waals surface area contributed by atoms with E-state index >= 15 is 0 Å². The fourth-order valence-corrected chi connectivity index (χ4v) is 10.2. The Balaban J connectivity index is 1.21. The molecule has 0 N–H and O–H groups in total. The normalized spacial score (nSPS) is 11.8. The zero-order valence-corrected chi connectivity index (χ0v) is 33.4. The molecule has 60 heavy (non-hydrogen) atoms. The molecule has 12 rings (SSSR count). The summed E-state index contributed by atoms with van der Waals surface area (Å²) in [6, 6.07) is 70.2. The molecule has 0 saturated carbocycles. The van der Waals surface area contributed by atoms with Crippen LogP contribution in [0.15, 0.2) is 194 Å². The summed E-state index contributed by atoms with van der Waals surface area (Å²) in [6.45, 7) is 4.58. The predicted molar refractivity (Wildman–Crippen MR) is 256 cm³/mol. The second kappa shape index (κ2) is 13.4. The molecule has 10 aromatic carbocycles. The Morgan fingerprint density at radius 2 is 0.750 bits per heavy atom. The first-order valence-corrected chi connectivity index (χ1v) is 20.8. The lowest BCUT2D eigenvalue weighted by Crippen LogP contribution is -1.99. The fraction of sp³-hybridized carbons (Fsp3) is 0.0345. The molecule has 0 unspecified atom stereocenters. The van der Waals surface area contributed by atoms with Crippen LogP contribution in [0.3, 0.4) is 0 Å². The van der Waals surface area contributed by atoms with E-state index in [1.165, 1.54) is 81.7 Å². The van der Waals surface area contributed by atoms with E-state index in [9.17, 15) is 0 Å². The van der Waals surface area contributed by atoms with Gasteiger partial charge in [0.25, 0.3) is 0 Å². The Morgan fingerprint density at radius 3 is 1.35 bits per heavy atom. The van der Waals surface area contributed by atoms with Gasteiger partial charge >= 0.3 is 0 Å². The lowest BCUT2D eigenvalue weighted by Gasteiger charge is -2.21. The maximum Gasteiger partial charge on any atom is 0.0791 e. The van der Waals surface area contributed by atoms with Gasteiger partial charge in [-0.3, -0.25) is 0 Å². The van der Waals surface area contributed by atoms with Crippen LogP contribution in [0.4, 0.5) is 0 Å². The summed E-state index contributed by atoms with van der Waals surface area (Å²) in [4.78, 5) is 11.1. The van der Waals surface area contributed by atoms with Crippen LogP contribution in [0.25, 0.3) is 120 Å². The molecule has 0 spiro atoms. The van der Waals surface area contributed by atoms with Gasteiger partial charge in [-0.05, 0) is 102 Å². The molecule has 280 valence electrons. The van der Waals surface area contributed by atoms with Gasteiger partial charge in [-0.2, -0.15) is 0 Å². The van der Waals surface area contributed by atoms with Gasteiger partial charge in [0.1, 0.15) is 0 Å². The minimum Gasteiger partial charge on any atom is -0.247 e. The number of benzene rings is 10. The van der Waals surface area contributed by atoms with Crippen molar-refractivity contribution in [3.63, 3.8) is 0 Å². The summed E-state index contributed by atoms with van der Waals surface area (Å²) in [5.41, 5.74) is 13.5. The standard InChI is InChI=1S/C58H38N2/c1-35-51-47-29-15-16-31-49(47)59-57(38-19-5-3-6-20-38)53(51)36(2)52-48-33-32-40(34-50(48)60-58(54(35)52)39-21-7-4-8-22-39)55-43-25-11-13-27-45(43)56(46-28-14-12-26-44(46)55)42-30-17-23-37-18-9-10-24-41(37)42/h3-34H,1-2H3. The Labute approximate surface area is 348 Å². The van der Waals surface area contributed by atoms with Gasteiger partial charge in [0.15, 0.2) is 0 Å². The number of aromatic nitrogens is 2. The van der Waals surface area contributed by atoms with Crippen molar-refractivity contribution in [2.75, 3.05) is 0 Å². The molecule has 0 aliphatic rings. The van der Waals surface area contributed by atoms with Crippen molar-refractivity contribution in [3.05, 3.63) is 205 Å². The van der Waals surface area contributed by atoms with E-state index < -0.39 is 0 Å². The van der Waals surface area contributed by atoms with Crippen LogP contribution < -0.4 is 0 Å². The van der Waals surface area contributed by atoms with Crippen molar-refractivity contribution < 1.29 is 0 Å². The van der Waals surface area contributed by atoms with Crippen molar-refractivity contribution >= 4 is 75.7 Å². The molecule has 0 atom stereocenters. The highest BCUT2D eigenvalue weighted by Crippen LogP contribution is 2.48. The molecule has 2 heterocycles. The van der Waals surface area contributed by atoms with E-state index in [2.05, 4.69) is 208 Å². The summed E-state index contributed by atoms with van der Waals surface area (Å²) in [5.74, 6) is 0. The second-order valence-electron chi connectivity index (χ2n) is 16.0. The summed E-state index contributed by atoms with van der Waals surface area (Å²) in [6.07, 6.45) is 0. The molecule has 0 saturated heterocycles. The first kappa shape index (κ1) is 34.4. The van der Waals surface area contributed by atoms with E-state index in [0.29, 0.717) is 0 Å². The van der Waals surface area contributed by atoms with Crippen LogP contribution in [0.5, 0.6) is 0 Å². The van der Waals surface area contributed by atoms with Crippen LogP contribution >= 0.6 is 0 Å². The predicted octanol–water partition coefficient (Wildman–Crippen LogP) is 15.8. The fourth-order valence-electron chi connectivity index (χ4n) is 10.2. The molecule has 0 aliphatic heterocycles. The lowest BCUT2D eigenvalue weighted by atomic mass is 9.83. The highest BCUT2D eigenvalue weighted by atomic mass is 14.7. The Hall–Kier alpha value is -7.68. The summed E-state index contributed by atoms with van der Waals surface area (Å²) in [7, 11) is 0. The second-order valence-corrected chi connectivity index (χ2v) is 16.0. The zero-order chi connectivity index (χ0) is 39.9. The van der Waals surface area contributed by atoms with Gasteiger partial charge in [-0.25, -0.2) is 9.97 Å². The van der Waals surface area contributed by atoms with Crippen molar-refractivity contribution in [3.8, 4) is 44.8 Å². The van der Waals surface area contributed by atoms with Crippen LogP contribution in [0.2, 0.25) is 0 Å². The third-order valence-electron chi connectivity index (χ3n) is 12.8. The molecule has 2 heteroatoms. The lowest BCUT2D eigenvalue weighted by molar-refractivity contribution is 1.39. The number of hydrogen-bond donors (Lipinski definition) is 0. The van der Waals surface area contributed by atoms with Crippen molar-refractivity contribution in [2.45, 2.75) is 13.8 Å². The van der Waals surface area contributed by atoms with Gasteiger partial charge in [0.05, 0.1) is 22.4 Å². The van der Waals surface area contributed by atoms with Gasteiger partial charge in [-0.15, -0.1) is 0 Å². The molecule has 0 radical (unpaired) electrons. The van der Waals surface area contributed by atoms with Crippen LogP contribution in [-0.4, -0.2) is 9.97 Å². The van der Waals surface area contributed by atoms with E-state index in [0.717, 1.165) is 49.9 Å². The monoisotopic (exact) mass is 762 g/mol. The minimum atomic E-state index is 0.974. The minimum absolute atomic E-state index is 0.974. The molecule has 2 nitrogen and oxygen atoms in total. The first-order chi connectivity index (χ1) is 29.6. The number of rotatable bonds is 4. The number of nitrogens with zero attached hydrogens (tertiary/aromatic N) is 2. The molecule has 2 aromatic heterocycles. The quantitative estimate of drug-likeness (QED) is 0.132. The Morgan fingerprint density at radius 1 is 0.300 bits per heavy atom. The molecular formula is C58H38N2. The van der Waals surface area contributed by atoms with Crippen molar-refractivity contribution in [1.82, 2.24) is 9.97 Å². The highest BCUT2D eigenvalue weighted by Gasteiger charge is 2.24. The largest absolute Gasteiger partial charge is 0.247 e. The van der Waals surface area contributed by atoms with Crippen molar-refractivity contribution in [1.29, 1.82) is 0 Å². The number of aryl methyl sites for hydroxylation is 2. The van der Waals surface area contributed by atoms with E-state index in [1.807, 2.05) is 0 Å². The number of hydrogen-bond acceptors (Lipinski definition) is 2. The van der Waals surface area contributed by atoms with E-state index in [-0.39, 0.29) is 0 Å². The number of fused-ring (bicyclic) bond motifs is 9. The first-order valence-electron chi connectivity index (χ1n) is 20.8. The number of para-hydroxylation sites is 1. The SMILES string of the molecule is Cc1c2c(-c3ccccc3)nc3cc(-c4c5ccccc5c(-c5cccc6ccccc56)c5ccccc45)ccc3c2c(C)c2c(-c3ccccc3)nc3ccccc3c12. The molecular weight excluding hydrogens is 725 g/mol. The zero-order valence-electron chi connectivity index (χ0n) is 33.4. The summed E-state index contributed by atoms with van der Waals surface area (Å²) >= 11 is 0. The Bertz CT molecular complexity index is 3660. The van der Waals surface area contributed by atoms with Crippen LogP contribution in [-0.2, 0) is 0 Å². The molecule has 0 aliphatic carbocycles. The number of pyridine rings is 2. The van der Waals surface area contributed by atoms with E-state index in [1.54, 1.807) is 0 Å². The smallest absolute Gasteiger partial charge is 0.0791 e. The van der Waals surface area contributed by atoms with Crippen LogP contribution in [0, 0.1) is 13.8 Å². The molecule has 0 fully saturated rings. The third kappa shape index (κ3) is 5.07. The van der Waals surface area contributed by atoms with Gasteiger partial charge in [0.2, 0.25) is 0 Å². The van der Waals surface area contributed by atoms with E-state index in [4.69, 9.17) is 9.97 Å². The van der Waals surface area contributed by atoms with Gasteiger partial charge in [-0.1, -0.05) is 182 Å². The summed E-state index contributed by atoms with van der Waals surface area (Å²) in [5, 5.41) is 14.6. The average Bonchev–Trinajstić information content (AvgIpc) is 3.31. The maximum absolute atomic E-state index is 5.67. The van der Waals surface area contributed by atoms with Crippen molar-refractivity contribution in [2.24, 2.45) is 0 Å².